The lowest BCUT2D eigenvalue weighted by molar-refractivity contribution is 0.0998. The number of thiazole rings is 2. The van der Waals surface area contributed by atoms with E-state index < -0.39 is 0 Å². The number of carbonyl (C=O) groups is 1. The van der Waals surface area contributed by atoms with Gasteiger partial charge in [0.2, 0.25) is 0 Å². The minimum absolute atomic E-state index is 0.313. The first-order chi connectivity index (χ1) is 12.6. The zero-order valence-electron chi connectivity index (χ0n) is 13.3. The van der Waals surface area contributed by atoms with E-state index in [4.69, 9.17) is 23.2 Å². The van der Waals surface area contributed by atoms with Crippen LogP contribution in [-0.2, 0) is 6.54 Å². The van der Waals surface area contributed by atoms with Crippen molar-refractivity contribution >= 4 is 72.2 Å². The molecule has 0 unspecified atom stereocenters. The molecule has 130 valence electrons. The summed E-state index contributed by atoms with van der Waals surface area (Å²) >= 11 is 15.4. The van der Waals surface area contributed by atoms with E-state index in [0.717, 1.165) is 20.4 Å². The van der Waals surface area contributed by atoms with Crippen LogP contribution in [0.2, 0.25) is 10.0 Å². The molecule has 4 rings (SSSR count). The topological polar surface area (TPSA) is 47.2 Å². The maximum atomic E-state index is 12.7. The van der Waals surface area contributed by atoms with Crippen molar-refractivity contribution in [3.05, 3.63) is 68.9 Å². The van der Waals surface area contributed by atoms with Crippen LogP contribution in [0.4, 0.5) is 0 Å². The van der Waals surface area contributed by atoms with Crippen LogP contribution in [0.15, 0.2) is 53.5 Å². The Hall–Kier alpha value is -1.99. The molecule has 0 aliphatic heterocycles. The van der Waals surface area contributed by atoms with Gasteiger partial charge in [-0.2, -0.15) is 4.99 Å². The molecule has 2 aromatic carbocycles. The van der Waals surface area contributed by atoms with Gasteiger partial charge in [-0.1, -0.05) is 40.6 Å². The molecule has 0 saturated heterocycles. The highest BCUT2D eigenvalue weighted by Crippen LogP contribution is 2.32. The third-order valence-electron chi connectivity index (χ3n) is 3.82. The van der Waals surface area contributed by atoms with Crippen molar-refractivity contribution in [2.75, 3.05) is 0 Å². The van der Waals surface area contributed by atoms with Gasteiger partial charge in [-0.25, -0.2) is 4.98 Å². The number of carbonyl (C=O) groups excluding carboxylic acids is 1. The van der Waals surface area contributed by atoms with Crippen LogP contribution >= 0.6 is 45.9 Å². The van der Waals surface area contributed by atoms with E-state index in [0.29, 0.717) is 27.0 Å². The average molecular weight is 420 g/mol. The van der Waals surface area contributed by atoms with Gasteiger partial charge in [0.1, 0.15) is 0 Å². The lowest BCUT2D eigenvalue weighted by atomic mass is 10.2. The Morgan fingerprint density at radius 1 is 1.27 bits per heavy atom. The summed E-state index contributed by atoms with van der Waals surface area (Å²) in [6.07, 6.45) is 1.73. The number of fused-ring (bicyclic) bond motifs is 2. The zero-order chi connectivity index (χ0) is 18.3. The summed E-state index contributed by atoms with van der Waals surface area (Å²) in [4.78, 5) is 21.8. The fraction of sp³-hybridized carbons (Fsp3) is 0.0556. The minimum atomic E-state index is -0.313. The Kier molecular flexibility index (Phi) is 4.67. The highest BCUT2D eigenvalue weighted by molar-refractivity contribution is 7.17. The van der Waals surface area contributed by atoms with Crippen molar-refractivity contribution in [2.45, 2.75) is 6.54 Å². The first-order valence-electron chi connectivity index (χ1n) is 7.59. The molecule has 0 atom stereocenters. The molecule has 0 aliphatic carbocycles. The van der Waals surface area contributed by atoms with Crippen LogP contribution in [0.5, 0.6) is 0 Å². The molecule has 4 nitrogen and oxygen atoms in total. The second-order valence-electron chi connectivity index (χ2n) is 5.44. The number of nitrogens with zero attached hydrogens (tertiary/aromatic N) is 3. The summed E-state index contributed by atoms with van der Waals surface area (Å²) in [7, 11) is 0. The number of rotatable bonds is 3. The smallest absolute Gasteiger partial charge is 0.279 e. The fourth-order valence-electron chi connectivity index (χ4n) is 2.63. The number of halogens is 2. The second kappa shape index (κ2) is 6.96. The zero-order valence-corrected chi connectivity index (χ0v) is 16.4. The van der Waals surface area contributed by atoms with E-state index in [2.05, 4.69) is 16.6 Å². The SMILES string of the molecule is C=CCn1c(=NC(=O)c2ccc3ncsc3c2)sc2ccc(Cl)c(Cl)c21. The molecule has 2 aromatic heterocycles. The van der Waals surface area contributed by atoms with Crippen LogP contribution in [0.25, 0.3) is 20.4 Å². The predicted octanol–water partition coefficient (Wildman–Crippen LogP) is 5.55. The molecular formula is C18H11Cl2N3OS2. The first kappa shape index (κ1) is 17.4. The molecule has 0 aliphatic rings. The molecule has 0 N–H and O–H groups in total. The molecule has 0 fully saturated rings. The summed E-state index contributed by atoms with van der Waals surface area (Å²) in [5.74, 6) is -0.313. The largest absolute Gasteiger partial charge is 0.311 e. The van der Waals surface area contributed by atoms with Crippen LogP contribution in [0.1, 0.15) is 10.4 Å². The van der Waals surface area contributed by atoms with Gasteiger partial charge >= 0.3 is 0 Å². The molecule has 1 amide bonds. The molecule has 0 spiro atoms. The third-order valence-corrected chi connectivity index (χ3v) is 6.45. The maximum absolute atomic E-state index is 12.7. The molecule has 0 radical (unpaired) electrons. The molecule has 26 heavy (non-hydrogen) atoms. The van der Waals surface area contributed by atoms with Crippen molar-refractivity contribution in [2.24, 2.45) is 4.99 Å². The van der Waals surface area contributed by atoms with Crippen molar-refractivity contribution < 1.29 is 4.79 Å². The van der Waals surface area contributed by atoms with Gasteiger partial charge in [0, 0.05) is 12.1 Å². The number of aromatic nitrogens is 2. The Bertz CT molecular complexity index is 1240. The standard InChI is InChI=1S/C18H11Cl2N3OS2/c1-2-7-23-16-13(6-4-11(19)15(16)20)26-18(23)22-17(24)10-3-5-12-14(8-10)25-9-21-12/h2-6,8-9H,1,7H2. The molecule has 4 aromatic rings. The van der Waals surface area contributed by atoms with Gasteiger partial charge in [0.05, 0.1) is 36.0 Å². The van der Waals surface area contributed by atoms with E-state index in [-0.39, 0.29) is 5.91 Å². The average Bonchev–Trinajstić information content (AvgIpc) is 3.23. The van der Waals surface area contributed by atoms with E-state index in [1.807, 2.05) is 22.8 Å². The fourth-order valence-corrected chi connectivity index (χ4v) is 4.86. The van der Waals surface area contributed by atoms with E-state index in [9.17, 15) is 4.79 Å². The number of benzene rings is 2. The molecule has 0 bridgehead atoms. The normalized spacial score (nSPS) is 12.2. The maximum Gasteiger partial charge on any atom is 0.279 e. The van der Waals surface area contributed by atoms with Gasteiger partial charge in [0.25, 0.3) is 5.91 Å². The Labute approximate surface area is 166 Å². The van der Waals surface area contributed by atoms with Gasteiger partial charge in [-0.15, -0.1) is 17.9 Å². The third kappa shape index (κ3) is 2.99. The molecular weight excluding hydrogens is 409 g/mol. The molecule has 2 heterocycles. The highest BCUT2D eigenvalue weighted by Gasteiger charge is 2.13. The van der Waals surface area contributed by atoms with Crippen molar-refractivity contribution in [1.82, 2.24) is 9.55 Å². The Balaban J connectivity index is 1.89. The van der Waals surface area contributed by atoms with Crippen LogP contribution in [0, 0.1) is 0 Å². The number of hydrogen-bond acceptors (Lipinski definition) is 4. The van der Waals surface area contributed by atoms with Crippen LogP contribution in [0.3, 0.4) is 0 Å². The summed E-state index contributed by atoms with van der Waals surface area (Å²) in [6.45, 7) is 4.25. The summed E-state index contributed by atoms with van der Waals surface area (Å²) < 4.78 is 3.71. The van der Waals surface area contributed by atoms with Gasteiger partial charge < -0.3 is 4.57 Å². The molecule has 0 saturated carbocycles. The van der Waals surface area contributed by atoms with E-state index >= 15 is 0 Å². The predicted molar refractivity (Wildman–Crippen MR) is 110 cm³/mol. The van der Waals surface area contributed by atoms with Crippen molar-refractivity contribution in [3.8, 4) is 0 Å². The summed E-state index contributed by atoms with van der Waals surface area (Å²) in [6, 6.07) is 9.00. The van der Waals surface area contributed by atoms with Gasteiger partial charge in [-0.05, 0) is 30.3 Å². The molecule has 8 heteroatoms. The number of amides is 1. The number of hydrogen-bond donors (Lipinski definition) is 0. The lowest BCUT2D eigenvalue weighted by Crippen LogP contribution is -2.16. The summed E-state index contributed by atoms with van der Waals surface area (Å²) in [5, 5.41) is 0.908. The lowest BCUT2D eigenvalue weighted by Gasteiger charge is -2.04. The highest BCUT2D eigenvalue weighted by atomic mass is 35.5. The Morgan fingerprint density at radius 2 is 2.12 bits per heavy atom. The quantitative estimate of drug-likeness (QED) is 0.408. The second-order valence-corrected chi connectivity index (χ2v) is 8.12. The van der Waals surface area contributed by atoms with Crippen molar-refractivity contribution in [1.29, 1.82) is 0 Å². The number of allylic oxidation sites excluding steroid dienone is 1. The van der Waals surface area contributed by atoms with Crippen LogP contribution < -0.4 is 4.80 Å². The first-order valence-corrected chi connectivity index (χ1v) is 10.0. The van der Waals surface area contributed by atoms with E-state index in [1.165, 1.54) is 22.7 Å². The van der Waals surface area contributed by atoms with Crippen LogP contribution in [-0.4, -0.2) is 15.5 Å². The summed E-state index contributed by atoms with van der Waals surface area (Å²) in [5.41, 5.74) is 3.91. The van der Waals surface area contributed by atoms with E-state index in [1.54, 1.807) is 23.7 Å². The van der Waals surface area contributed by atoms with Gasteiger partial charge in [0.15, 0.2) is 4.80 Å². The minimum Gasteiger partial charge on any atom is -0.311 e. The monoisotopic (exact) mass is 419 g/mol. The van der Waals surface area contributed by atoms with Crippen molar-refractivity contribution in [3.63, 3.8) is 0 Å². The van der Waals surface area contributed by atoms with Gasteiger partial charge in [-0.3, -0.25) is 4.79 Å². The Morgan fingerprint density at radius 3 is 2.92 bits per heavy atom.